The normalized spacial score (nSPS) is 11.7. The summed E-state index contributed by atoms with van der Waals surface area (Å²) in [5, 5.41) is 0. The van der Waals surface area contributed by atoms with Crippen LogP contribution in [-0.4, -0.2) is 19.3 Å². The molecule has 0 N–H and O–H groups in total. The molecule has 0 spiro atoms. The Hall–Kier alpha value is -1.40. The summed E-state index contributed by atoms with van der Waals surface area (Å²) < 4.78 is 0. The Morgan fingerprint density at radius 1 is 1.28 bits per heavy atom. The van der Waals surface area contributed by atoms with Crippen LogP contribution in [-0.2, 0) is 5.41 Å². The number of pyridine rings is 1. The first-order valence-corrected chi connectivity index (χ1v) is 9.62. The van der Waals surface area contributed by atoms with Crippen LogP contribution in [0.2, 0.25) is 19.6 Å². The van der Waals surface area contributed by atoms with Crippen LogP contribution in [0.15, 0.2) is 12.3 Å². The van der Waals surface area contributed by atoms with Gasteiger partial charge in [-0.2, -0.15) is 0 Å². The summed E-state index contributed by atoms with van der Waals surface area (Å²) >= 11 is 0. The summed E-state index contributed by atoms with van der Waals surface area (Å²) in [5.41, 5.74) is 5.60. The predicted molar refractivity (Wildman–Crippen MR) is 78.5 cm³/mol. The van der Waals surface area contributed by atoms with Gasteiger partial charge in [0, 0.05) is 28.4 Å². The minimum Gasteiger partial charge on any atom is -0.298 e. The molecule has 0 aliphatic rings. The molecule has 0 aliphatic carbocycles. The van der Waals surface area contributed by atoms with Crippen LogP contribution in [0.25, 0.3) is 0 Å². The van der Waals surface area contributed by atoms with Crippen molar-refractivity contribution in [2.24, 2.45) is 0 Å². The van der Waals surface area contributed by atoms with E-state index in [9.17, 15) is 4.79 Å². The van der Waals surface area contributed by atoms with Crippen molar-refractivity contribution in [3.63, 3.8) is 0 Å². The molecule has 0 aromatic carbocycles. The number of carbonyl (C=O) groups excluding carboxylic acids is 1. The van der Waals surface area contributed by atoms with Gasteiger partial charge >= 0.3 is 0 Å². The molecule has 0 aliphatic heterocycles. The van der Waals surface area contributed by atoms with E-state index in [2.05, 4.69) is 56.9 Å². The Bertz CT molecular complexity index is 510. The molecule has 96 valence electrons. The van der Waals surface area contributed by atoms with Gasteiger partial charge in [-0.3, -0.25) is 9.78 Å². The van der Waals surface area contributed by atoms with E-state index in [-0.39, 0.29) is 5.41 Å². The molecule has 0 amide bonds. The van der Waals surface area contributed by atoms with Crippen LogP contribution in [0.4, 0.5) is 0 Å². The standard InChI is InChI=1S/C15H21NOSi/c1-15(2,3)14-9-12(7-8-18(4,5)6)13(11-17)10-16-14/h9-11H,1-6H3. The molecule has 0 bridgehead atoms. The third-order valence-corrected chi connectivity index (χ3v) is 3.28. The van der Waals surface area contributed by atoms with Gasteiger partial charge in [0.1, 0.15) is 8.07 Å². The zero-order valence-electron chi connectivity index (χ0n) is 12.1. The number of aldehydes is 1. The Kier molecular flexibility index (Phi) is 4.13. The highest BCUT2D eigenvalue weighted by molar-refractivity contribution is 6.83. The van der Waals surface area contributed by atoms with Crippen LogP contribution in [0.5, 0.6) is 0 Å². The number of carbonyl (C=O) groups is 1. The van der Waals surface area contributed by atoms with Crippen molar-refractivity contribution in [2.45, 2.75) is 45.8 Å². The highest BCUT2D eigenvalue weighted by Gasteiger charge is 2.17. The SMILES string of the molecule is CC(C)(C)c1cc(C#C[Si](C)(C)C)c(C=O)cn1. The summed E-state index contributed by atoms with van der Waals surface area (Å²) in [6, 6.07) is 1.94. The second kappa shape index (κ2) is 5.07. The van der Waals surface area contributed by atoms with E-state index in [0.29, 0.717) is 5.56 Å². The summed E-state index contributed by atoms with van der Waals surface area (Å²) in [5.74, 6) is 3.16. The maximum Gasteiger partial charge on any atom is 0.152 e. The number of hydrogen-bond acceptors (Lipinski definition) is 2. The summed E-state index contributed by atoms with van der Waals surface area (Å²) in [7, 11) is -1.44. The smallest absolute Gasteiger partial charge is 0.152 e. The Morgan fingerprint density at radius 3 is 2.33 bits per heavy atom. The maximum atomic E-state index is 11.0. The largest absolute Gasteiger partial charge is 0.298 e. The zero-order chi connectivity index (χ0) is 14.0. The summed E-state index contributed by atoms with van der Waals surface area (Å²) in [6.45, 7) is 12.9. The van der Waals surface area contributed by atoms with E-state index >= 15 is 0 Å². The first kappa shape index (κ1) is 14.7. The lowest BCUT2D eigenvalue weighted by atomic mass is 9.90. The quantitative estimate of drug-likeness (QED) is 0.439. The molecule has 1 rings (SSSR count). The van der Waals surface area contributed by atoms with E-state index in [1.807, 2.05) is 6.07 Å². The Morgan fingerprint density at radius 2 is 1.89 bits per heavy atom. The Balaban J connectivity index is 3.31. The van der Waals surface area contributed by atoms with E-state index < -0.39 is 8.07 Å². The van der Waals surface area contributed by atoms with Crippen LogP contribution in [0, 0.1) is 11.5 Å². The van der Waals surface area contributed by atoms with Gasteiger partial charge in [0.25, 0.3) is 0 Å². The zero-order valence-corrected chi connectivity index (χ0v) is 13.1. The van der Waals surface area contributed by atoms with Crippen molar-refractivity contribution < 1.29 is 4.79 Å². The molecule has 1 heterocycles. The van der Waals surface area contributed by atoms with Crippen LogP contribution >= 0.6 is 0 Å². The average Bonchev–Trinajstić information content (AvgIpc) is 2.23. The molecule has 1 aromatic heterocycles. The van der Waals surface area contributed by atoms with E-state index in [4.69, 9.17) is 0 Å². The van der Waals surface area contributed by atoms with E-state index in [0.717, 1.165) is 17.5 Å². The molecule has 18 heavy (non-hydrogen) atoms. The van der Waals surface area contributed by atoms with Crippen molar-refractivity contribution >= 4 is 14.4 Å². The Labute approximate surface area is 111 Å². The van der Waals surface area contributed by atoms with Crippen molar-refractivity contribution in [3.8, 4) is 11.5 Å². The predicted octanol–water partition coefficient (Wildman–Crippen LogP) is 3.42. The van der Waals surface area contributed by atoms with Gasteiger partial charge in [-0.15, -0.1) is 5.54 Å². The second-order valence-electron chi connectivity index (χ2n) is 6.52. The molecule has 0 fully saturated rings. The maximum absolute atomic E-state index is 11.0. The van der Waals surface area contributed by atoms with Gasteiger partial charge < -0.3 is 0 Å². The molecule has 1 aromatic rings. The lowest BCUT2D eigenvalue weighted by molar-refractivity contribution is 0.112. The van der Waals surface area contributed by atoms with Crippen LogP contribution in [0.3, 0.4) is 0 Å². The van der Waals surface area contributed by atoms with E-state index in [1.165, 1.54) is 0 Å². The first-order valence-electron chi connectivity index (χ1n) is 6.12. The fourth-order valence-electron chi connectivity index (χ4n) is 1.33. The highest BCUT2D eigenvalue weighted by Crippen LogP contribution is 2.21. The van der Waals surface area contributed by atoms with Gasteiger partial charge in [0.2, 0.25) is 0 Å². The van der Waals surface area contributed by atoms with Gasteiger partial charge in [0.15, 0.2) is 6.29 Å². The number of nitrogens with zero attached hydrogens (tertiary/aromatic N) is 1. The average molecular weight is 259 g/mol. The lowest BCUT2D eigenvalue weighted by Crippen LogP contribution is -2.17. The topological polar surface area (TPSA) is 30.0 Å². The molecule has 0 saturated carbocycles. The number of aromatic nitrogens is 1. The van der Waals surface area contributed by atoms with Crippen LogP contribution < -0.4 is 0 Å². The molecule has 0 atom stereocenters. The fourth-order valence-corrected chi connectivity index (χ4v) is 1.84. The number of hydrogen-bond donors (Lipinski definition) is 0. The van der Waals surface area contributed by atoms with E-state index in [1.54, 1.807) is 6.20 Å². The van der Waals surface area contributed by atoms with Gasteiger partial charge in [0.05, 0.1) is 0 Å². The van der Waals surface area contributed by atoms with Crippen molar-refractivity contribution in [2.75, 3.05) is 0 Å². The molecule has 0 radical (unpaired) electrons. The highest BCUT2D eigenvalue weighted by atomic mass is 28.3. The van der Waals surface area contributed by atoms with Crippen molar-refractivity contribution in [1.82, 2.24) is 4.98 Å². The minimum absolute atomic E-state index is 0.0307. The molecule has 2 nitrogen and oxygen atoms in total. The third-order valence-electron chi connectivity index (χ3n) is 2.40. The monoisotopic (exact) mass is 259 g/mol. The van der Waals surface area contributed by atoms with Crippen molar-refractivity contribution in [3.05, 3.63) is 29.1 Å². The molecule has 0 unspecified atom stereocenters. The molecular formula is C15H21NOSi. The third kappa shape index (κ3) is 4.12. The summed E-state index contributed by atoms with van der Waals surface area (Å²) in [4.78, 5) is 15.4. The molecule has 3 heteroatoms. The second-order valence-corrected chi connectivity index (χ2v) is 11.3. The molecular weight excluding hydrogens is 238 g/mol. The van der Waals surface area contributed by atoms with Gasteiger partial charge in [-0.05, 0) is 6.07 Å². The molecule has 0 saturated heterocycles. The number of rotatable bonds is 1. The van der Waals surface area contributed by atoms with Crippen LogP contribution in [0.1, 0.15) is 42.4 Å². The first-order chi connectivity index (χ1) is 8.13. The van der Waals surface area contributed by atoms with Crippen molar-refractivity contribution in [1.29, 1.82) is 0 Å². The summed E-state index contributed by atoms with van der Waals surface area (Å²) in [6.07, 6.45) is 2.45. The lowest BCUT2D eigenvalue weighted by Gasteiger charge is -2.18. The van der Waals surface area contributed by atoms with Gasteiger partial charge in [-0.1, -0.05) is 46.3 Å². The fraction of sp³-hybridized carbons (Fsp3) is 0.467. The van der Waals surface area contributed by atoms with Gasteiger partial charge in [-0.25, -0.2) is 0 Å². The minimum atomic E-state index is -1.44.